The van der Waals surface area contributed by atoms with E-state index in [9.17, 15) is 0 Å². The average Bonchev–Trinajstić information content (AvgIpc) is 3.10. The molecule has 24 heavy (non-hydrogen) atoms. The maximum atomic E-state index is 5.56. The van der Waals surface area contributed by atoms with E-state index in [1.165, 1.54) is 0 Å². The van der Waals surface area contributed by atoms with Gasteiger partial charge in [0.2, 0.25) is 0 Å². The third-order valence-corrected chi connectivity index (χ3v) is 4.75. The molecule has 126 valence electrons. The van der Waals surface area contributed by atoms with Crippen molar-refractivity contribution in [3.8, 4) is 11.6 Å². The highest BCUT2D eigenvalue weighted by Crippen LogP contribution is 2.16. The Balaban J connectivity index is 2.08. The summed E-state index contributed by atoms with van der Waals surface area (Å²) in [6, 6.07) is 6.51. The van der Waals surface area contributed by atoms with Crippen LogP contribution in [0.2, 0.25) is 0 Å². The molecule has 3 heterocycles. The van der Waals surface area contributed by atoms with Gasteiger partial charge in [-0.3, -0.25) is 9.13 Å². The second-order valence-electron chi connectivity index (χ2n) is 6.26. The number of rotatable bonds is 4. The first-order valence-corrected chi connectivity index (χ1v) is 8.78. The normalized spacial score (nSPS) is 11.6. The number of nitrogens with zero attached hydrogens (tertiary/aromatic N) is 5. The van der Waals surface area contributed by atoms with Crippen LogP contribution in [0.3, 0.4) is 0 Å². The molecule has 5 nitrogen and oxygen atoms in total. The molecule has 7 heteroatoms. The Bertz CT molecular complexity index is 896. The van der Waals surface area contributed by atoms with Gasteiger partial charge in [-0.1, -0.05) is 6.07 Å². The Morgan fingerprint density at radius 1 is 0.750 bits per heavy atom. The molecule has 0 bridgehead atoms. The summed E-state index contributed by atoms with van der Waals surface area (Å²) in [5.74, 6) is 1.58. The Morgan fingerprint density at radius 2 is 1.17 bits per heavy atom. The quantitative estimate of drug-likeness (QED) is 0.622. The van der Waals surface area contributed by atoms with Crippen molar-refractivity contribution in [1.82, 2.24) is 23.3 Å². The van der Waals surface area contributed by atoms with E-state index in [2.05, 4.69) is 27.7 Å². The molecular formula is C17H21N5S2. The smallest absolute Gasteiger partial charge is 0.185 e. The Hall–Kier alpha value is -1.99. The maximum Gasteiger partial charge on any atom is 0.185 e. The first-order valence-electron chi connectivity index (χ1n) is 7.97. The zero-order valence-electron chi connectivity index (χ0n) is 14.2. The van der Waals surface area contributed by atoms with Crippen molar-refractivity contribution in [2.24, 2.45) is 0 Å². The van der Waals surface area contributed by atoms with E-state index in [-0.39, 0.29) is 0 Å². The van der Waals surface area contributed by atoms with Crippen LogP contribution in [0.25, 0.3) is 11.6 Å². The van der Waals surface area contributed by atoms with Gasteiger partial charge >= 0.3 is 0 Å². The Kier molecular flexibility index (Phi) is 4.56. The van der Waals surface area contributed by atoms with Gasteiger partial charge in [-0.25, -0.2) is 4.98 Å². The molecule has 0 aliphatic rings. The molecule has 0 N–H and O–H groups in total. The minimum Gasteiger partial charge on any atom is -0.321 e. The molecule has 0 spiro atoms. The predicted molar refractivity (Wildman–Crippen MR) is 101 cm³/mol. The molecule has 0 aromatic carbocycles. The highest BCUT2D eigenvalue weighted by atomic mass is 32.1. The van der Waals surface area contributed by atoms with Crippen LogP contribution in [-0.4, -0.2) is 23.3 Å². The summed E-state index contributed by atoms with van der Waals surface area (Å²) in [6.45, 7) is 8.44. The highest BCUT2D eigenvalue weighted by Gasteiger charge is 2.09. The average molecular weight is 360 g/mol. The largest absolute Gasteiger partial charge is 0.321 e. The maximum absolute atomic E-state index is 5.56. The lowest BCUT2D eigenvalue weighted by atomic mass is 10.4. The van der Waals surface area contributed by atoms with Gasteiger partial charge in [0, 0.05) is 36.9 Å². The summed E-state index contributed by atoms with van der Waals surface area (Å²) in [5, 5.41) is 0. The minimum absolute atomic E-state index is 0.315. The molecule has 0 atom stereocenters. The van der Waals surface area contributed by atoms with Crippen LogP contribution in [0.4, 0.5) is 0 Å². The van der Waals surface area contributed by atoms with Crippen LogP contribution in [0, 0.1) is 9.54 Å². The fourth-order valence-electron chi connectivity index (χ4n) is 2.60. The molecule has 3 rings (SSSR count). The molecule has 0 saturated heterocycles. The molecule has 0 unspecified atom stereocenters. The zero-order chi connectivity index (χ0) is 17.4. The molecule has 3 aromatic rings. The predicted octanol–water partition coefficient (Wildman–Crippen LogP) is 4.89. The van der Waals surface area contributed by atoms with Crippen molar-refractivity contribution >= 4 is 24.4 Å². The number of imidazole rings is 2. The van der Waals surface area contributed by atoms with Crippen LogP contribution >= 0.6 is 24.4 Å². The van der Waals surface area contributed by atoms with E-state index in [4.69, 9.17) is 29.4 Å². The molecule has 0 fully saturated rings. The first-order chi connectivity index (χ1) is 11.4. The molecule has 0 aliphatic heterocycles. The third-order valence-electron chi connectivity index (χ3n) is 3.93. The van der Waals surface area contributed by atoms with Crippen molar-refractivity contribution in [2.75, 3.05) is 0 Å². The Morgan fingerprint density at radius 3 is 1.50 bits per heavy atom. The van der Waals surface area contributed by atoms with Crippen LogP contribution in [0.5, 0.6) is 0 Å². The number of hydrogen-bond donors (Lipinski definition) is 0. The van der Waals surface area contributed by atoms with Crippen LogP contribution in [-0.2, 0) is 0 Å². The van der Waals surface area contributed by atoms with Crippen molar-refractivity contribution in [3.05, 3.63) is 52.5 Å². The van der Waals surface area contributed by atoms with Crippen molar-refractivity contribution in [3.63, 3.8) is 0 Å². The van der Waals surface area contributed by atoms with Crippen LogP contribution in [0.1, 0.15) is 39.8 Å². The summed E-state index contributed by atoms with van der Waals surface area (Å²) < 4.78 is 9.40. The zero-order valence-corrected chi connectivity index (χ0v) is 15.9. The standard InChI is InChI=1S/C17H21N5S2/c1-12(2)19-8-10-21(16(19)23)14-6-5-7-15(18-14)22-11-9-20(13(3)4)17(22)24/h5-13H,1-4H3. The van der Waals surface area contributed by atoms with Gasteiger partial charge in [0.15, 0.2) is 9.54 Å². The van der Waals surface area contributed by atoms with Crippen LogP contribution in [0.15, 0.2) is 43.0 Å². The Labute approximate surface area is 151 Å². The molecule has 3 aromatic heterocycles. The first kappa shape index (κ1) is 16.9. The number of pyridine rings is 1. The van der Waals surface area contributed by atoms with Crippen molar-refractivity contribution < 1.29 is 0 Å². The number of hydrogen-bond acceptors (Lipinski definition) is 3. The lowest BCUT2D eigenvalue weighted by Gasteiger charge is -2.09. The summed E-state index contributed by atoms with van der Waals surface area (Å²) in [7, 11) is 0. The van der Waals surface area contributed by atoms with E-state index in [1.54, 1.807) is 0 Å². The van der Waals surface area contributed by atoms with Gasteiger partial charge in [-0.05, 0) is 64.3 Å². The van der Waals surface area contributed by atoms with Gasteiger partial charge in [0.05, 0.1) is 0 Å². The van der Waals surface area contributed by atoms with Gasteiger partial charge in [-0.15, -0.1) is 0 Å². The van der Waals surface area contributed by atoms with E-state index in [1.807, 2.05) is 61.3 Å². The molecule has 0 radical (unpaired) electrons. The molecule has 0 saturated carbocycles. The fraction of sp³-hybridized carbons (Fsp3) is 0.353. The summed E-state index contributed by atoms with van der Waals surface area (Å²) in [6.07, 6.45) is 7.88. The highest BCUT2D eigenvalue weighted by molar-refractivity contribution is 7.71. The summed E-state index contributed by atoms with van der Waals surface area (Å²) >= 11 is 11.1. The monoisotopic (exact) mass is 359 g/mol. The van der Waals surface area contributed by atoms with E-state index < -0.39 is 0 Å². The van der Waals surface area contributed by atoms with Gasteiger partial charge in [0.25, 0.3) is 0 Å². The lowest BCUT2D eigenvalue weighted by Crippen LogP contribution is -2.06. The van der Waals surface area contributed by atoms with E-state index >= 15 is 0 Å². The van der Waals surface area contributed by atoms with Gasteiger partial charge in [-0.2, -0.15) is 0 Å². The summed E-state index contributed by atoms with van der Waals surface area (Å²) in [4.78, 5) is 4.75. The SMILES string of the molecule is CC(C)n1ccn(-c2cccc(-n3ccn(C(C)C)c3=S)n2)c1=S. The van der Waals surface area contributed by atoms with Gasteiger partial charge in [0.1, 0.15) is 11.6 Å². The lowest BCUT2D eigenvalue weighted by molar-refractivity contribution is 0.585. The van der Waals surface area contributed by atoms with E-state index in [0.717, 1.165) is 21.2 Å². The summed E-state index contributed by atoms with van der Waals surface area (Å²) in [5.41, 5.74) is 0. The minimum atomic E-state index is 0.315. The third kappa shape index (κ3) is 2.89. The number of aromatic nitrogens is 5. The van der Waals surface area contributed by atoms with Crippen molar-refractivity contribution in [2.45, 2.75) is 39.8 Å². The topological polar surface area (TPSA) is 32.6 Å². The molecule has 0 amide bonds. The second kappa shape index (κ2) is 6.49. The van der Waals surface area contributed by atoms with Gasteiger partial charge < -0.3 is 9.13 Å². The van der Waals surface area contributed by atoms with E-state index in [0.29, 0.717) is 12.1 Å². The van der Waals surface area contributed by atoms with Crippen LogP contribution < -0.4 is 0 Å². The molecule has 0 aliphatic carbocycles. The molecular weight excluding hydrogens is 338 g/mol. The second-order valence-corrected chi connectivity index (χ2v) is 6.99. The van der Waals surface area contributed by atoms with Crippen molar-refractivity contribution in [1.29, 1.82) is 0 Å². The fourth-order valence-corrected chi connectivity index (χ4v) is 3.45.